The Kier molecular flexibility index (Phi) is 4.53. The number of anilines is 1. The average Bonchev–Trinajstić information content (AvgIpc) is 2.61. The van der Waals surface area contributed by atoms with Crippen molar-refractivity contribution in [2.45, 2.75) is 0 Å². The quantitative estimate of drug-likeness (QED) is 0.622. The minimum Gasteiger partial charge on any atom is -0.507 e. The van der Waals surface area contributed by atoms with Crippen LogP contribution in [0.15, 0.2) is 64.0 Å². The lowest BCUT2D eigenvalue weighted by Gasteiger charge is -2.05. The van der Waals surface area contributed by atoms with E-state index in [1.165, 1.54) is 24.5 Å². The zero-order valence-electron chi connectivity index (χ0n) is 13.3. The van der Waals surface area contributed by atoms with Crippen LogP contribution in [0.1, 0.15) is 15.9 Å². The van der Waals surface area contributed by atoms with Crippen molar-refractivity contribution in [3.05, 3.63) is 76.2 Å². The van der Waals surface area contributed by atoms with E-state index in [-0.39, 0.29) is 22.2 Å². The first kappa shape index (κ1) is 17.0. The molecule has 0 aliphatic heterocycles. The third kappa shape index (κ3) is 3.46. The predicted molar refractivity (Wildman–Crippen MR) is 95.2 cm³/mol. The van der Waals surface area contributed by atoms with Crippen LogP contribution in [-0.2, 0) is 4.79 Å². The summed E-state index contributed by atoms with van der Waals surface area (Å²) in [6.07, 6.45) is 3.73. The van der Waals surface area contributed by atoms with Crippen molar-refractivity contribution in [3.63, 3.8) is 0 Å². The molecule has 1 aromatic heterocycles. The van der Waals surface area contributed by atoms with Crippen LogP contribution in [0, 0.1) is 0 Å². The van der Waals surface area contributed by atoms with Crippen LogP contribution in [0.3, 0.4) is 0 Å². The molecule has 0 bridgehead atoms. The standard InChI is InChI=1S/C19H13NO6/c21-15-9-12(6-7-13(15)19(24)25)20-17(22)8-5-11-10-26-16-4-2-1-3-14(16)18(11)23/h1-10,21H,(H,20,22)(H,24,25)/b8-5+. The molecule has 0 fully saturated rings. The number of hydrogen-bond donors (Lipinski definition) is 3. The van der Waals surface area contributed by atoms with Gasteiger partial charge < -0.3 is 19.9 Å². The summed E-state index contributed by atoms with van der Waals surface area (Å²) in [4.78, 5) is 35.1. The van der Waals surface area contributed by atoms with Crippen molar-refractivity contribution in [3.8, 4) is 5.75 Å². The van der Waals surface area contributed by atoms with Gasteiger partial charge in [-0.1, -0.05) is 12.1 Å². The average molecular weight is 351 g/mol. The number of hydrogen-bond acceptors (Lipinski definition) is 5. The van der Waals surface area contributed by atoms with Crippen LogP contribution in [0.4, 0.5) is 5.69 Å². The Morgan fingerprint density at radius 1 is 1.12 bits per heavy atom. The Labute approximate surface area is 146 Å². The number of aromatic hydroxyl groups is 1. The Morgan fingerprint density at radius 3 is 2.62 bits per heavy atom. The number of para-hydroxylation sites is 1. The van der Waals surface area contributed by atoms with E-state index in [0.29, 0.717) is 11.0 Å². The first-order valence-corrected chi connectivity index (χ1v) is 7.51. The molecule has 130 valence electrons. The number of fused-ring (bicyclic) bond motifs is 1. The maximum Gasteiger partial charge on any atom is 0.339 e. The number of carbonyl (C=O) groups excluding carboxylic acids is 1. The second-order valence-electron chi connectivity index (χ2n) is 5.38. The Balaban J connectivity index is 1.78. The van der Waals surface area contributed by atoms with Gasteiger partial charge in [-0.05, 0) is 30.3 Å². The molecule has 1 heterocycles. The van der Waals surface area contributed by atoms with Crippen LogP contribution in [0.2, 0.25) is 0 Å². The minimum absolute atomic E-state index is 0.211. The molecular formula is C19H13NO6. The molecule has 7 heteroatoms. The summed E-state index contributed by atoms with van der Waals surface area (Å²) in [5.74, 6) is -2.29. The topological polar surface area (TPSA) is 117 Å². The van der Waals surface area contributed by atoms with Crippen LogP contribution in [0.5, 0.6) is 5.75 Å². The highest BCUT2D eigenvalue weighted by Crippen LogP contribution is 2.22. The van der Waals surface area contributed by atoms with Crippen molar-refractivity contribution in [1.82, 2.24) is 0 Å². The maximum absolute atomic E-state index is 12.3. The molecule has 1 amide bonds. The minimum atomic E-state index is -1.27. The van der Waals surface area contributed by atoms with Gasteiger partial charge in [0.05, 0.1) is 10.9 Å². The van der Waals surface area contributed by atoms with E-state index in [2.05, 4.69) is 5.32 Å². The first-order valence-electron chi connectivity index (χ1n) is 7.51. The number of benzene rings is 2. The summed E-state index contributed by atoms with van der Waals surface area (Å²) in [5, 5.41) is 21.3. The number of amides is 1. The van der Waals surface area contributed by atoms with Gasteiger partial charge in [0.15, 0.2) is 5.43 Å². The fourth-order valence-electron chi connectivity index (χ4n) is 2.35. The second kappa shape index (κ2) is 6.94. The predicted octanol–water partition coefficient (Wildman–Crippen LogP) is 2.85. The number of carboxylic acid groups (broad SMARTS) is 1. The van der Waals surface area contributed by atoms with Crippen molar-refractivity contribution in [2.75, 3.05) is 5.32 Å². The van der Waals surface area contributed by atoms with E-state index in [1.807, 2.05) is 0 Å². The molecule has 0 atom stereocenters. The monoisotopic (exact) mass is 351 g/mol. The SMILES string of the molecule is O=C(/C=C/c1coc2ccccc2c1=O)Nc1ccc(C(=O)O)c(O)c1. The largest absolute Gasteiger partial charge is 0.507 e. The van der Waals surface area contributed by atoms with Gasteiger partial charge in [0.1, 0.15) is 23.2 Å². The first-order chi connectivity index (χ1) is 12.5. The fourth-order valence-corrected chi connectivity index (χ4v) is 2.35. The van der Waals surface area contributed by atoms with Gasteiger partial charge in [0.25, 0.3) is 0 Å². The molecule has 0 unspecified atom stereocenters. The number of carboxylic acids is 1. The summed E-state index contributed by atoms with van der Waals surface area (Å²) < 4.78 is 5.35. The summed E-state index contributed by atoms with van der Waals surface area (Å²) in [7, 11) is 0. The van der Waals surface area contributed by atoms with E-state index in [0.717, 1.165) is 12.1 Å². The molecular weight excluding hydrogens is 338 g/mol. The second-order valence-corrected chi connectivity index (χ2v) is 5.38. The van der Waals surface area contributed by atoms with Crippen LogP contribution < -0.4 is 10.7 Å². The Hall–Kier alpha value is -3.87. The number of rotatable bonds is 4. The summed E-state index contributed by atoms with van der Waals surface area (Å²) in [6, 6.07) is 10.4. The fraction of sp³-hybridized carbons (Fsp3) is 0. The number of carbonyl (C=O) groups is 2. The van der Waals surface area contributed by atoms with Crippen molar-refractivity contribution >= 4 is 34.6 Å². The van der Waals surface area contributed by atoms with Gasteiger partial charge in [0, 0.05) is 17.8 Å². The highest BCUT2D eigenvalue weighted by atomic mass is 16.4. The van der Waals surface area contributed by atoms with Crippen molar-refractivity contribution in [2.24, 2.45) is 0 Å². The molecule has 0 aliphatic carbocycles. The van der Waals surface area contributed by atoms with Crippen LogP contribution in [0.25, 0.3) is 17.0 Å². The summed E-state index contributed by atoms with van der Waals surface area (Å²) >= 11 is 0. The summed E-state index contributed by atoms with van der Waals surface area (Å²) in [6.45, 7) is 0. The lowest BCUT2D eigenvalue weighted by Crippen LogP contribution is -2.09. The third-order valence-electron chi connectivity index (χ3n) is 3.62. The smallest absolute Gasteiger partial charge is 0.339 e. The maximum atomic E-state index is 12.3. The van der Waals surface area contributed by atoms with E-state index >= 15 is 0 Å². The van der Waals surface area contributed by atoms with Gasteiger partial charge in [-0.25, -0.2) is 4.79 Å². The normalized spacial score (nSPS) is 10.9. The van der Waals surface area contributed by atoms with Crippen LogP contribution in [-0.4, -0.2) is 22.1 Å². The molecule has 0 saturated carbocycles. The molecule has 3 aromatic rings. The lowest BCUT2D eigenvalue weighted by atomic mass is 10.1. The molecule has 3 rings (SSSR count). The van der Waals surface area contributed by atoms with Gasteiger partial charge in [-0.15, -0.1) is 0 Å². The summed E-state index contributed by atoms with van der Waals surface area (Å²) in [5.41, 5.74) is 0.343. The number of nitrogens with one attached hydrogen (secondary N) is 1. The zero-order valence-corrected chi connectivity index (χ0v) is 13.3. The molecule has 0 saturated heterocycles. The highest BCUT2D eigenvalue weighted by Gasteiger charge is 2.10. The van der Waals surface area contributed by atoms with Gasteiger partial charge in [-0.2, -0.15) is 0 Å². The van der Waals surface area contributed by atoms with Crippen molar-refractivity contribution in [1.29, 1.82) is 0 Å². The number of phenols is 1. The molecule has 26 heavy (non-hydrogen) atoms. The lowest BCUT2D eigenvalue weighted by molar-refractivity contribution is -0.111. The molecule has 0 radical (unpaired) electrons. The molecule has 3 N–H and O–H groups in total. The third-order valence-corrected chi connectivity index (χ3v) is 3.62. The molecule has 7 nitrogen and oxygen atoms in total. The highest BCUT2D eigenvalue weighted by molar-refractivity contribution is 6.02. The Morgan fingerprint density at radius 2 is 1.88 bits per heavy atom. The zero-order chi connectivity index (χ0) is 18.7. The molecule has 2 aromatic carbocycles. The van der Waals surface area contributed by atoms with Gasteiger partial charge >= 0.3 is 5.97 Å². The molecule has 0 aliphatic rings. The van der Waals surface area contributed by atoms with E-state index in [1.54, 1.807) is 24.3 Å². The van der Waals surface area contributed by atoms with Gasteiger partial charge in [-0.3, -0.25) is 9.59 Å². The van der Waals surface area contributed by atoms with Crippen molar-refractivity contribution < 1.29 is 24.2 Å². The Bertz CT molecular complexity index is 1100. The van der Waals surface area contributed by atoms with Crippen LogP contribution >= 0.6 is 0 Å². The van der Waals surface area contributed by atoms with Gasteiger partial charge in [0.2, 0.25) is 5.91 Å². The molecule has 0 spiro atoms. The van der Waals surface area contributed by atoms with E-state index in [4.69, 9.17) is 9.52 Å². The number of aromatic carboxylic acids is 1. The van der Waals surface area contributed by atoms with E-state index in [9.17, 15) is 19.5 Å². The van der Waals surface area contributed by atoms with E-state index < -0.39 is 17.6 Å².